The van der Waals surface area contributed by atoms with Gasteiger partial charge in [0.2, 0.25) is 0 Å². The number of carbonyl (C=O) groups excluding carboxylic acids is 1. The normalized spacial score (nSPS) is 28.7. The summed E-state index contributed by atoms with van der Waals surface area (Å²) in [5.41, 5.74) is 0.0198. The highest BCUT2D eigenvalue weighted by Gasteiger charge is 2.40. The number of nitrogens with zero attached hydrogens (tertiary/aromatic N) is 1. The van der Waals surface area contributed by atoms with E-state index in [1.807, 2.05) is 36.3 Å². The molecule has 0 radical (unpaired) electrons. The van der Waals surface area contributed by atoms with Gasteiger partial charge in [0.15, 0.2) is 0 Å². The van der Waals surface area contributed by atoms with Crippen LogP contribution in [0.1, 0.15) is 19.3 Å². The van der Waals surface area contributed by atoms with E-state index in [2.05, 4.69) is 15.2 Å². The van der Waals surface area contributed by atoms with Crippen LogP contribution in [0.15, 0.2) is 24.5 Å². The van der Waals surface area contributed by atoms with E-state index in [1.54, 1.807) is 0 Å². The zero-order valence-corrected chi connectivity index (χ0v) is 13.0. The largest absolute Gasteiger partial charge is 0.374 e. The molecule has 6 heteroatoms. The third-order valence-electron chi connectivity index (χ3n) is 4.22. The molecule has 2 saturated heterocycles. The lowest BCUT2D eigenvalue weighted by molar-refractivity contribution is -0.0684. The molecule has 3 rings (SSSR count). The van der Waals surface area contributed by atoms with E-state index in [9.17, 15) is 4.79 Å². The van der Waals surface area contributed by atoms with Crippen LogP contribution in [-0.4, -0.2) is 46.9 Å². The number of thioether (sulfide) groups is 1. The van der Waals surface area contributed by atoms with Gasteiger partial charge in [-0.15, -0.1) is 0 Å². The topological polar surface area (TPSA) is 55.3 Å². The summed E-state index contributed by atoms with van der Waals surface area (Å²) in [5, 5.41) is 6.03. The van der Waals surface area contributed by atoms with Gasteiger partial charge in [-0.1, -0.05) is 0 Å². The Morgan fingerprint density at radius 1 is 1.43 bits per heavy atom. The zero-order valence-electron chi connectivity index (χ0n) is 12.2. The van der Waals surface area contributed by atoms with E-state index < -0.39 is 0 Å². The number of amides is 2. The Morgan fingerprint density at radius 2 is 2.29 bits per heavy atom. The van der Waals surface area contributed by atoms with Crippen molar-refractivity contribution in [1.29, 1.82) is 0 Å². The summed E-state index contributed by atoms with van der Waals surface area (Å²) < 4.78 is 8.03. The van der Waals surface area contributed by atoms with E-state index in [0.717, 1.165) is 38.2 Å². The van der Waals surface area contributed by atoms with Crippen molar-refractivity contribution in [2.75, 3.05) is 24.7 Å². The zero-order chi connectivity index (χ0) is 14.5. The molecule has 2 N–H and O–H groups in total. The second kappa shape index (κ2) is 6.75. The van der Waals surface area contributed by atoms with Crippen molar-refractivity contribution >= 4 is 17.8 Å². The lowest BCUT2D eigenvalue weighted by Crippen LogP contribution is -2.51. The Hall–Kier alpha value is -1.14. The number of ether oxygens (including phenoxy) is 1. The predicted octanol–water partition coefficient (Wildman–Crippen LogP) is 1.84. The average molecular weight is 309 g/mol. The smallest absolute Gasteiger partial charge is 0.315 e. The lowest BCUT2D eigenvalue weighted by Gasteiger charge is -2.37. The van der Waals surface area contributed by atoms with Gasteiger partial charge in [0.1, 0.15) is 0 Å². The fraction of sp³-hybridized carbons (Fsp3) is 0.667. The molecule has 0 saturated carbocycles. The minimum atomic E-state index is -0.0603. The van der Waals surface area contributed by atoms with Crippen LogP contribution >= 0.6 is 11.8 Å². The molecule has 3 heterocycles. The van der Waals surface area contributed by atoms with Gasteiger partial charge >= 0.3 is 6.03 Å². The number of carbonyl (C=O) groups is 1. The maximum atomic E-state index is 12.0. The maximum absolute atomic E-state index is 12.0. The Morgan fingerprint density at radius 3 is 3.05 bits per heavy atom. The molecule has 2 fully saturated rings. The number of rotatable bonds is 4. The van der Waals surface area contributed by atoms with Crippen LogP contribution < -0.4 is 10.6 Å². The molecule has 5 nitrogen and oxygen atoms in total. The predicted molar refractivity (Wildman–Crippen MR) is 84.6 cm³/mol. The molecule has 21 heavy (non-hydrogen) atoms. The van der Waals surface area contributed by atoms with Crippen molar-refractivity contribution in [3.63, 3.8) is 0 Å². The number of nitrogens with one attached hydrogen (secondary N) is 2. The van der Waals surface area contributed by atoms with Crippen molar-refractivity contribution in [2.24, 2.45) is 0 Å². The molecule has 116 valence electrons. The first-order valence-electron chi connectivity index (χ1n) is 7.63. The molecule has 2 aliphatic heterocycles. The van der Waals surface area contributed by atoms with Crippen LogP contribution in [0.4, 0.5) is 4.79 Å². The molecule has 1 spiro atoms. The molecule has 2 unspecified atom stereocenters. The lowest BCUT2D eigenvalue weighted by atomic mass is 9.90. The van der Waals surface area contributed by atoms with Crippen LogP contribution in [0.25, 0.3) is 0 Å². The summed E-state index contributed by atoms with van der Waals surface area (Å²) in [4.78, 5) is 12.0. The highest BCUT2D eigenvalue weighted by Crippen LogP contribution is 2.38. The summed E-state index contributed by atoms with van der Waals surface area (Å²) in [6.07, 6.45) is 6.98. The number of hydrogen-bond donors (Lipinski definition) is 2. The first-order chi connectivity index (χ1) is 10.3. The van der Waals surface area contributed by atoms with Gasteiger partial charge in [-0.05, 0) is 37.1 Å². The molecule has 2 amide bonds. The molecular formula is C15H23N3O2S. The summed E-state index contributed by atoms with van der Waals surface area (Å²) in [6, 6.07) is 4.15. The van der Waals surface area contributed by atoms with E-state index in [0.29, 0.717) is 6.54 Å². The van der Waals surface area contributed by atoms with E-state index >= 15 is 0 Å². The van der Waals surface area contributed by atoms with Crippen LogP contribution in [0.3, 0.4) is 0 Å². The van der Waals surface area contributed by atoms with Crippen LogP contribution in [0, 0.1) is 0 Å². The molecule has 1 aromatic heterocycles. The number of aromatic nitrogens is 1. The van der Waals surface area contributed by atoms with Gasteiger partial charge in [-0.25, -0.2) is 4.79 Å². The third-order valence-corrected chi connectivity index (χ3v) is 5.44. The highest BCUT2D eigenvalue weighted by molar-refractivity contribution is 7.99. The molecular weight excluding hydrogens is 286 g/mol. The highest BCUT2D eigenvalue weighted by atomic mass is 32.2. The van der Waals surface area contributed by atoms with Crippen molar-refractivity contribution in [3.8, 4) is 0 Å². The third kappa shape index (κ3) is 3.95. The van der Waals surface area contributed by atoms with E-state index in [-0.39, 0.29) is 17.7 Å². The van der Waals surface area contributed by atoms with Crippen molar-refractivity contribution in [3.05, 3.63) is 24.5 Å². The second-order valence-corrected chi connectivity index (χ2v) is 6.95. The monoisotopic (exact) mass is 309 g/mol. The van der Waals surface area contributed by atoms with Gasteiger partial charge in [0.25, 0.3) is 0 Å². The van der Waals surface area contributed by atoms with Crippen LogP contribution in [-0.2, 0) is 11.3 Å². The van der Waals surface area contributed by atoms with Gasteiger partial charge in [-0.2, -0.15) is 11.8 Å². The van der Waals surface area contributed by atoms with Gasteiger partial charge < -0.3 is 19.9 Å². The SMILES string of the molecule is O=C(NCCn1cccc1)NC1CCOC2(CCSC2)C1. The Bertz CT molecular complexity index is 457. The standard InChI is InChI=1S/C15H23N3O2S/c19-14(16-5-8-18-6-1-2-7-18)17-13-3-9-20-15(11-13)4-10-21-12-15/h1-2,6-7,13H,3-5,8-12H2,(H2,16,17,19). The minimum absolute atomic E-state index is 0.0198. The van der Waals surface area contributed by atoms with E-state index in [1.165, 1.54) is 5.75 Å². The van der Waals surface area contributed by atoms with Gasteiger partial charge in [-0.3, -0.25) is 0 Å². The van der Waals surface area contributed by atoms with Crippen molar-refractivity contribution in [1.82, 2.24) is 15.2 Å². The summed E-state index contributed by atoms with van der Waals surface area (Å²) in [7, 11) is 0. The van der Waals surface area contributed by atoms with Gasteiger partial charge in [0, 0.05) is 43.9 Å². The molecule has 0 aliphatic carbocycles. The quantitative estimate of drug-likeness (QED) is 0.892. The molecule has 2 atom stereocenters. The second-order valence-electron chi connectivity index (χ2n) is 5.84. The van der Waals surface area contributed by atoms with Crippen molar-refractivity contribution < 1.29 is 9.53 Å². The first kappa shape index (κ1) is 14.8. The van der Waals surface area contributed by atoms with E-state index in [4.69, 9.17) is 4.74 Å². The van der Waals surface area contributed by atoms with Crippen molar-refractivity contribution in [2.45, 2.75) is 37.5 Å². The van der Waals surface area contributed by atoms with Gasteiger partial charge in [0.05, 0.1) is 5.60 Å². The summed E-state index contributed by atoms with van der Waals surface area (Å²) in [5.74, 6) is 2.25. The summed E-state index contributed by atoms with van der Waals surface area (Å²) >= 11 is 1.96. The Labute approximate surface area is 129 Å². The number of urea groups is 1. The summed E-state index contributed by atoms with van der Waals surface area (Å²) in [6.45, 7) is 2.20. The molecule has 0 bridgehead atoms. The Balaban J connectivity index is 1.40. The fourth-order valence-corrected chi connectivity index (χ4v) is 4.45. The Kier molecular flexibility index (Phi) is 4.75. The minimum Gasteiger partial charge on any atom is -0.374 e. The first-order valence-corrected chi connectivity index (χ1v) is 8.78. The van der Waals surface area contributed by atoms with Crippen LogP contribution in [0.2, 0.25) is 0 Å². The maximum Gasteiger partial charge on any atom is 0.315 e. The van der Waals surface area contributed by atoms with Crippen LogP contribution in [0.5, 0.6) is 0 Å². The average Bonchev–Trinajstić information content (AvgIpc) is 3.11. The molecule has 0 aromatic carbocycles. The number of hydrogen-bond acceptors (Lipinski definition) is 3. The molecule has 1 aromatic rings. The molecule has 2 aliphatic rings. The fourth-order valence-electron chi connectivity index (χ4n) is 3.07.